The first-order valence-corrected chi connectivity index (χ1v) is 10.6. The third-order valence-electron chi connectivity index (χ3n) is 5.08. The molecule has 0 N–H and O–H groups in total. The molecule has 3 rings (SSSR count). The van der Waals surface area contributed by atoms with Crippen molar-refractivity contribution >= 4 is 29.0 Å². The summed E-state index contributed by atoms with van der Waals surface area (Å²) in [6, 6.07) is 11.1. The maximum absolute atomic E-state index is 12.9. The van der Waals surface area contributed by atoms with Gasteiger partial charge >= 0.3 is 0 Å². The van der Waals surface area contributed by atoms with Crippen LogP contribution in [0.25, 0.3) is 0 Å². The Morgan fingerprint density at radius 2 is 1.52 bits per heavy atom. The zero-order valence-electron chi connectivity index (χ0n) is 16.3. The topological polar surface area (TPSA) is 32.8 Å². The lowest BCUT2D eigenvalue weighted by Crippen LogP contribution is -2.47. The third-order valence-corrected chi connectivity index (χ3v) is 5.68. The van der Waals surface area contributed by atoms with Crippen molar-refractivity contribution in [1.29, 1.82) is 0 Å². The van der Waals surface area contributed by atoms with Crippen LogP contribution in [0.5, 0.6) is 5.75 Å². The largest absolute Gasteiger partial charge is 0.489 e. The number of ketones is 1. The molecule has 1 saturated heterocycles. The summed E-state index contributed by atoms with van der Waals surface area (Å²) in [6.45, 7) is 6.12. The van der Waals surface area contributed by atoms with Gasteiger partial charge < -0.3 is 9.64 Å². The Bertz CT molecular complexity index is 789. The average Bonchev–Trinajstić information content (AvgIpc) is 2.72. The molecule has 7 heteroatoms. The second kappa shape index (κ2) is 10.9. The lowest BCUT2D eigenvalue weighted by molar-refractivity contribution is 0.0953. The van der Waals surface area contributed by atoms with E-state index in [0.29, 0.717) is 34.4 Å². The standard InChI is InChI=1S/C22H25Cl2FN2O2/c23-19-3-1-4-20(24)22(19)29-16-15-27-13-11-26(12-14-27)10-2-5-21(28)17-6-8-18(25)9-7-17/h1,3-4,6-9H,2,5,10-16H2. The summed E-state index contributed by atoms with van der Waals surface area (Å²) in [4.78, 5) is 16.9. The predicted octanol–water partition coefficient (Wildman–Crippen LogP) is 4.79. The Hall–Kier alpha value is -1.66. The van der Waals surface area contributed by atoms with Gasteiger partial charge in [0, 0.05) is 44.7 Å². The van der Waals surface area contributed by atoms with Gasteiger partial charge in [-0.3, -0.25) is 9.69 Å². The van der Waals surface area contributed by atoms with Crippen LogP contribution < -0.4 is 4.74 Å². The Balaban J connectivity index is 1.31. The van der Waals surface area contributed by atoms with E-state index in [4.69, 9.17) is 27.9 Å². The fourth-order valence-electron chi connectivity index (χ4n) is 3.38. The quantitative estimate of drug-likeness (QED) is 0.526. The molecule has 1 aliphatic heterocycles. The zero-order chi connectivity index (χ0) is 20.6. The van der Waals surface area contributed by atoms with E-state index in [9.17, 15) is 9.18 Å². The van der Waals surface area contributed by atoms with E-state index in [2.05, 4.69) is 9.80 Å². The molecule has 1 aliphatic rings. The number of nitrogens with zero attached hydrogens (tertiary/aromatic N) is 2. The first kappa shape index (κ1) is 22.0. The number of carbonyl (C=O) groups is 1. The van der Waals surface area contributed by atoms with Gasteiger partial charge in [-0.25, -0.2) is 4.39 Å². The molecular weight excluding hydrogens is 414 g/mol. The number of rotatable bonds is 9. The second-order valence-electron chi connectivity index (χ2n) is 7.12. The van der Waals surface area contributed by atoms with Crippen molar-refractivity contribution in [2.24, 2.45) is 0 Å². The number of para-hydroxylation sites is 1. The van der Waals surface area contributed by atoms with Gasteiger partial charge in [-0.2, -0.15) is 0 Å². The van der Waals surface area contributed by atoms with Crippen LogP contribution in [0.15, 0.2) is 42.5 Å². The molecule has 0 bridgehead atoms. The summed E-state index contributed by atoms with van der Waals surface area (Å²) in [5, 5.41) is 1.05. The number of Topliss-reactive ketones (excluding diaryl/α,β-unsaturated/α-hetero) is 1. The Morgan fingerprint density at radius 3 is 2.14 bits per heavy atom. The molecule has 1 heterocycles. The number of halogens is 3. The van der Waals surface area contributed by atoms with Crippen molar-refractivity contribution in [3.8, 4) is 5.75 Å². The summed E-state index contributed by atoms with van der Waals surface area (Å²) in [7, 11) is 0. The number of ether oxygens (including phenoxy) is 1. The summed E-state index contributed by atoms with van der Waals surface area (Å²) < 4.78 is 18.7. The summed E-state index contributed by atoms with van der Waals surface area (Å²) >= 11 is 12.2. The van der Waals surface area contributed by atoms with E-state index in [1.54, 1.807) is 30.3 Å². The molecule has 2 aromatic rings. The van der Waals surface area contributed by atoms with Gasteiger partial charge in [0.15, 0.2) is 11.5 Å². The van der Waals surface area contributed by atoms with E-state index in [0.717, 1.165) is 45.7 Å². The second-order valence-corrected chi connectivity index (χ2v) is 7.93. The van der Waals surface area contributed by atoms with E-state index in [1.165, 1.54) is 12.1 Å². The van der Waals surface area contributed by atoms with Gasteiger partial charge in [-0.15, -0.1) is 0 Å². The van der Waals surface area contributed by atoms with E-state index < -0.39 is 0 Å². The maximum atomic E-state index is 12.9. The first-order valence-electron chi connectivity index (χ1n) is 9.83. The molecule has 0 unspecified atom stereocenters. The Labute approximate surface area is 181 Å². The van der Waals surface area contributed by atoms with Crippen molar-refractivity contribution in [2.45, 2.75) is 12.8 Å². The van der Waals surface area contributed by atoms with E-state index >= 15 is 0 Å². The SMILES string of the molecule is O=C(CCCN1CCN(CCOc2c(Cl)cccc2Cl)CC1)c1ccc(F)cc1. The van der Waals surface area contributed by atoms with Crippen molar-refractivity contribution in [3.05, 3.63) is 63.9 Å². The molecule has 1 fully saturated rings. The maximum Gasteiger partial charge on any atom is 0.162 e. The first-order chi connectivity index (χ1) is 14.0. The summed E-state index contributed by atoms with van der Waals surface area (Å²) in [5.41, 5.74) is 0.579. The minimum absolute atomic E-state index is 0.0685. The molecule has 0 radical (unpaired) electrons. The van der Waals surface area contributed by atoms with Crippen LogP contribution >= 0.6 is 23.2 Å². The molecule has 0 aromatic heterocycles. The number of carbonyl (C=O) groups excluding carboxylic acids is 1. The molecule has 2 aromatic carbocycles. The highest BCUT2D eigenvalue weighted by Gasteiger charge is 2.17. The fraction of sp³-hybridized carbons (Fsp3) is 0.409. The number of hydrogen-bond acceptors (Lipinski definition) is 4. The highest BCUT2D eigenvalue weighted by molar-refractivity contribution is 6.37. The molecular formula is C22H25Cl2FN2O2. The molecule has 0 amide bonds. The number of benzene rings is 2. The van der Waals surface area contributed by atoms with Crippen LogP contribution in [-0.2, 0) is 0 Å². The van der Waals surface area contributed by atoms with Gasteiger partial charge in [-0.05, 0) is 49.4 Å². The van der Waals surface area contributed by atoms with Crippen LogP contribution in [-0.4, -0.2) is 61.5 Å². The molecule has 0 spiro atoms. The van der Waals surface area contributed by atoms with Gasteiger partial charge in [0.1, 0.15) is 12.4 Å². The lowest BCUT2D eigenvalue weighted by Gasteiger charge is -2.34. The number of hydrogen-bond donors (Lipinski definition) is 0. The van der Waals surface area contributed by atoms with Crippen LogP contribution in [0, 0.1) is 5.82 Å². The summed E-state index contributed by atoms with van der Waals surface area (Å²) in [6.07, 6.45) is 1.29. The highest BCUT2D eigenvalue weighted by atomic mass is 35.5. The Kier molecular flexibility index (Phi) is 8.30. The third kappa shape index (κ3) is 6.68. The zero-order valence-corrected chi connectivity index (χ0v) is 17.8. The lowest BCUT2D eigenvalue weighted by atomic mass is 10.1. The minimum atomic E-state index is -0.320. The van der Waals surface area contributed by atoms with Gasteiger partial charge in [0.05, 0.1) is 10.0 Å². The van der Waals surface area contributed by atoms with Crippen molar-refractivity contribution in [2.75, 3.05) is 45.9 Å². The van der Waals surface area contributed by atoms with E-state index in [-0.39, 0.29) is 11.6 Å². The summed E-state index contributed by atoms with van der Waals surface area (Å²) in [5.74, 6) is 0.291. The average molecular weight is 439 g/mol. The van der Waals surface area contributed by atoms with Gasteiger partial charge in [0.2, 0.25) is 0 Å². The molecule has 156 valence electrons. The molecule has 0 atom stereocenters. The van der Waals surface area contributed by atoms with Gasteiger partial charge in [0.25, 0.3) is 0 Å². The highest BCUT2D eigenvalue weighted by Crippen LogP contribution is 2.32. The Morgan fingerprint density at radius 1 is 0.931 bits per heavy atom. The monoisotopic (exact) mass is 438 g/mol. The van der Waals surface area contributed by atoms with E-state index in [1.807, 2.05) is 0 Å². The van der Waals surface area contributed by atoms with Gasteiger partial charge in [-0.1, -0.05) is 29.3 Å². The molecule has 0 saturated carbocycles. The van der Waals surface area contributed by atoms with Crippen LogP contribution in [0.3, 0.4) is 0 Å². The van der Waals surface area contributed by atoms with Crippen molar-refractivity contribution in [1.82, 2.24) is 9.80 Å². The van der Waals surface area contributed by atoms with Crippen molar-refractivity contribution in [3.63, 3.8) is 0 Å². The molecule has 0 aliphatic carbocycles. The minimum Gasteiger partial charge on any atom is -0.489 e. The number of piperazine rings is 1. The fourth-order valence-corrected chi connectivity index (χ4v) is 3.88. The van der Waals surface area contributed by atoms with Crippen LogP contribution in [0.2, 0.25) is 10.0 Å². The van der Waals surface area contributed by atoms with Crippen molar-refractivity contribution < 1.29 is 13.9 Å². The predicted molar refractivity (Wildman–Crippen MR) is 115 cm³/mol. The smallest absolute Gasteiger partial charge is 0.162 e. The van der Waals surface area contributed by atoms with Crippen LogP contribution in [0.4, 0.5) is 4.39 Å². The normalized spacial score (nSPS) is 15.4. The molecule has 29 heavy (non-hydrogen) atoms. The van der Waals surface area contributed by atoms with Crippen LogP contribution in [0.1, 0.15) is 23.2 Å². The molecule has 4 nitrogen and oxygen atoms in total.